The van der Waals surface area contributed by atoms with Gasteiger partial charge in [0.05, 0.1) is 0 Å². The van der Waals surface area contributed by atoms with Crippen LogP contribution in [0.2, 0.25) is 0 Å². The molecular formula is C11H15F3N2S. The summed E-state index contributed by atoms with van der Waals surface area (Å²) in [6.07, 6.45) is 1.15. The maximum absolute atomic E-state index is 12.4. The van der Waals surface area contributed by atoms with Gasteiger partial charge in [-0.25, -0.2) is 4.98 Å². The minimum atomic E-state index is -4.31. The molecule has 0 radical (unpaired) electrons. The number of rotatable bonds is 2. The lowest BCUT2D eigenvalue weighted by molar-refractivity contribution is -0.137. The largest absolute Gasteiger partial charge is 0.443 e. The normalized spacial score (nSPS) is 26.1. The molecule has 0 aromatic carbocycles. The number of hydrogen-bond acceptors (Lipinski definition) is 3. The van der Waals surface area contributed by atoms with Gasteiger partial charge in [-0.15, -0.1) is 11.3 Å². The Kier molecular flexibility index (Phi) is 3.73. The first-order valence-electron chi connectivity index (χ1n) is 5.71. The molecule has 6 heteroatoms. The lowest BCUT2D eigenvalue weighted by Crippen LogP contribution is -2.30. The molecule has 2 atom stereocenters. The van der Waals surface area contributed by atoms with Gasteiger partial charge in [0.1, 0.15) is 0 Å². The Morgan fingerprint density at radius 2 is 2.18 bits per heavy atom. The summed E-state index contributed by atoms with van der Waals surface area (Å²) in [6, 6.07) is 0.421. The van der Waals surface area contributed by atoms with Crippen molar-refractivity contribution in [3.63, 3.8) is 0 Å². The lowest BCUT2D eigenvalue weighted by atomic mass is 9.85. The van der Waals surface area contributed by atoms with Crippen molar-refractivity contribution < 1.29 is 13.2 Å². The van der Waals surface area contributed by atoms with Gasteiger partial charge in [-0.3, -0.25) is 0 Å². The smallest absolute Gasteiger partial charge is 0.317 e. The first kappa shape index (κ1) is 12.8. The lowest BCUT2D eigenvalue weighted by Gasteiger charge is -2.27. The van der Waals surface area contributed by atoms with Crippen LogP contribution in [-0.2, 0) is 6.18 Å². The fraction of sp³-hybridized carbons (Fsp3) is 0.727. The number of halogens is 3. The second-order valence-electron chi connectivity index (χ2n) is 4.41. The van der Waals surface area contributed by atoms with Crippen molar-refractivity contribution in [3.8, 4) is 0 Å². The van der Waals surface area contributed by atoms with Gasteiger partial charge in [-0.1, -0.05) is 6.42 Å². The Bertz CT molecular complexity index is 375. The Hall–Kier alpha value is -0.620. The third-order valence-corrected chi connectivity index (χ3v) is 4.46. The van der Waals surface area contributed by atoms with Crippen molar-refractivity contribution >= 4 is 11.3 Å². The summed E-state index contributed by atoms with van der Waals surface area (Å²) in [5.41, 5.74) is 0. The fourth-order valence-corrected chi connectivity index (χ4v) is 3.25. The average Bonchev–Trinajstić information content (AvgIpc) is 2.78. The highest BCUT2D eigenvalue weighted by atomic mass is 32.1. The molecule has 1 N–H and O–H groups in total. The Labute approximate surface area is 102 Å². The minimum absolute atomic E-state index is 0.231. The fourth-order valence-electron chi connectivity index (χ4n) is 2.32. The number of nitrogens with one attached hydrogen (secondary N) is 1. The number of aromatic nitrogens is 1. The molecule has 1 aromatic heterocycles. The van der Waals surface area contributed by atoms with Crippen molar-refractivity contribution in [3.05, 3.63) is 16.1 Å². The molecule has 17 heavy (non-hydrogen) atoms. The SMILES string of the molecule is CNC1CCCC(c2cnc(C(F)(F)F)s2)C1. The van der Waals surface area contributed by atoms with E-state index >= 15 is 0 Å². The summed E-state index contributed by atoms with van der Waals surface area (Å²) in [5, 5.41) is 2.48. The molecular weight excluding hydrogens is 249 g/mol. The van der Waals surface area contributed by atoms with Gasteiger partial charge in [0.25, 0.3) is 0 Å². The van der Waals surface area contributed by atoms with E-state index in [0.717, 1.165) is 41.9 Å². The second kappa shape index (κ2) is 4.94. The summed E-state index contributed by atoms with van der Waals surface area (Å²) in [6.45, 7) is 0. The van der Waals surface area contributed by atoms with Crippen LogP contribution in [0.15, 0.2) is 6.20 Å². The Morgan fingerprint density at radius 3 is 2.76 bits per heavy atom. The summed E-state index contributed by atoms with van der Waals surface area (Å²) >= 11 is 0.795. The molecule has 1 aliphatic rings. The van der Waals surface area contributed by atoms with E-state index in [9.17, 15) is 13.2 Å². The van der Waals surface area contributed by atoms with Gasteiger partial charge in [0.15, 0.2) is 5.01 Å². The highest BCUT2D eigenvalue weighted by Crippen LogP contribution is 2.39. The topological polar surface area (TPSA) is 24.9 Å². The van der Waals surface area contributed by atoms with E-state index in [1.165, 1.54) is 6.20 Å². The predicted octanol–water partition coefficient (Wildman–Crippen LogP) is 3.41. The van der Waals surface area contributed by atoms with E-state index in [4.69, 9.17) is 0 Å². The van der Waals surface area contributed by atoms with Crippen LogP contribution in [-0.4, -0.2) is 18.1 Å². The van der Waals surface area contributed by atoms with E-state index in [-0.39, 0.29) is 5.92 Å². The second-order valence-corrected chi connectivity index (χ2v) is 5.48. The molecule has 96 valence electrons. The van der Waals surface area contributed by atoms with Crippen molar-refractivity contribution in [1.29, 1.82) is 0 Å². The number of alkyl halides is 3. The van der Waals surface area contributed by atoms with Gasteiger partial charge in [-0.2, -0.15) is 13.2 Å². The van der Waals surface area contributed by atoms with Gasteiger partial charge in [0, 0.05) is 17.1 Å². The van der Waals surface area contributed by atoms with E-state index in [2.05, 4.69) is 10.3 Å². The first-order chi connectivity index (χ1) is 8.00. The van der Waals surface area contributed by atoms with E-state index in [1.807, 2.05) is 7.05 Å². The van der Waals surface area contributed by atoms with Gasteiger partial charge < -0.3 is 5.32 Å². The van der Waals surface area contributed by atoms with Crippen LogP contribution in [0, 0.1) is 0 Å². The van der Waals surface area contributed by atoms with E-state index in [0.29, 0.717) is 6.04 Å². The van der Waals surface area contributed by atoms with Crippen molar-refractivity contribution in [1.82, 2.24) is 10.3 Å². The molecule has 2 unspecified atom stereocenters. The molecule has 1 aliphatic carbocycles. The molecule has 2 nitrogen and oxygen atoms in total. The molecule has 0 bridgehead atoms. The summed E-state index contributed by atoms with van der Waals surface area (Å²) in [4.78, 5) is 4.26. The summed E-state index contributed by atoms with van der Waals surface area (Å²) in [7, 11) is 1.90. The summed E-state index contributed by atoms with van der Waals surface area (Å²) in [5.74, 6) is 0.231. The van der Waals surface area contributed by atoms with Crippen molar-refractivity contribution in [2.24, 2.45) is 0 Å². The van der Waals surface area contributed by atoms with Crippen LogP contribution in [0.25, 0.3) is 0 Å². The molecule has 0 spiro atoms. The zero-order valence-corrected chi connectivity index (χ0v) is 10.4. The van der Waals surface area contributed by atoms with E-state index < -0.39 is 11.2 Å². The zero-order valence-electron chi connectivity index (χ0n) is 9.55. The third-order valence-electron chi connectivity index (χ3n) is 3.25. The monoisotopic (exact) mass is 264 g/mol. The minimum Gasteiger partial charge on any atom is -0.317 e. The van der Waals surface area contributed by atoms with Crippen LogP contribution in [0.4, 0.5) is 13.2 Å². The molecule has 0 saturated heterocycles. The molecule has 1 aromatic rings. The third kappa shape index (κ3) is 2.98. The van der Waals surface area contributed by atoms with Crippen LogP contribution in [0.5, 0.6) is 0 Å². The quantitative estimate of drug-likeness (QED) is 0.885. The van der Waals surface area contributed by atoms with Crippen LogP contribution >= 0.6 is 11.3 Å². The molecule has 2 rings (SSSR count). The highest BCUT2D eigenvalue weighted by molar-refractivity contribution is 7.11. The maximum atomic E-state index is 12.4. The van der Waals surface area contributed by atoms with Crippen molar-refractivity contribution in [2.45, 2.75) is 43.8 Å². The molecule has 0 aliphatic heterocycles. The standard InChI is InChI=1S/C11H15F3N2S/c1-15-8-4-2-3-7(5-8)9-6-16-10(17-9)11(12,13)14/h6-8,15H,2-5H2,1H3. The van der Waals surface area contributed by atoms with E-state index in [1.54, 1.807) is 0 Å². The highest BCUT2D eigenvalue weighted by Gasteiger charge is 2.35. The van der Waals surface area contributed by atoms with Gasteiger partial charge in [-0.05, 0) is 32.2 Å². The summed E-state index contributed by atoms with van der Waals surface area (Å²) < 4.78 is 37.3. The van der Waals surface area contributed by atoms with Crippen LogP contribution in [0.3, 0.4) is 0 Å². The molecule has 1 fully saturated rings. The number of thiazole rings is 1. The molecule has 1 heterocycles. The van der Waals surface area contributed by atoms with Crippen LogP contribution < -0.4 is 5.32 Å². The molecule has 0 amide bonds. The Balaban J connectivity index is 2.09. The van der Waals surface area contributed by atoms with Gasteiger partial charge >= 0.3 is 6.18 Å². The first-order valence-corrected chi connectivity index (χ1v) is 6.52. The van der Waals surface area contributed by atoms with Crippen LogP contribution in [0.1, 0.15) is 41.5 Å². The predicted molar refractivity (Wildman–Crippen MR) is 61.2 cm³/mol. The number of nitrogens with zero attached hydrogens (tertiary/aromatic N) is 1. The maximum Gasteiger partial charge on any atom is 0.443 e. The zero-order chi connectivity index (χ0) is 12.5. The Morgan fingerprint density at radius 1 is 1.41 bits per heavy atom. The number of hydrogen-bond donors (Lipinski definition) is 1. The molecule has 1 saturated carbocycles. The van der Waals surface area contributed by atoms with Crippen molar-refractivity contribution in [2.75, 3.05) is 7.05 Å². The average molecular weight is 264 g/mol. The van der Waals surface area contributed by atoms with Gasteiger partial charge in [0.2, 0.25) is 0 Å².